The number of hydroxylamine groups is 2. The number of hydrogen-bond donors (Lipinski definition) is 2. The van der Waals surface area contributed by atoms with E-state index in [1.54, 1.807) is 19.1 Å². The van der Waals surface area contributed by atoms with Crippen LogP contribution in [0.25, 0.3) is 10.8 Å². The molecule has 0 bridgehead atoms. The summed E-state index contributed by atoms with van der Waals surface area (Å²) in [6.45, 7) is 1.60. The van der Waals surface area contributed by atoms with Gasteiger partial charge in [0.05, 0.1) is 11.8 Å². The molecule has 3 aliphatic carbocycles. The van der Waals surface area contributed by atoms with Gasteiger partial charge in [0, 0.05) is 33.6 Å². The van der Waals surface area contributed by atoms with Crippen molar-refractivity contribution in [3.8, 4) is 5.75 Å². The van der Waals surface area contributed by atoms with Crippen LogP contribution < -0.4 is 0 Å². The van der Waals surface area contributed by atoms with Crippen molar-refractivity contribution < 1.29 is 29.5 Å². The van der Waals surface area contributed by atoms with Gasteiger partial charge in [-0.3, -0.25) is 24.4 Å². The van der Waals surface area contributed by atoms with Crippen molar-refractivity contribution in [2.24, 2.45) is 17.8 Å². The summed E-state index contributed by atoms with van der Waals surface area (Å²) in [6, 6.07) is 11.0. The number of phenolic OH excluding ortho intramolecular Hbond substituents is 1. The number of fused-ring (bicyclic) bond motifs is 4. The second-order valence-corrected chi connectivity index (χ2v) is 9.44. The van der Waals surface area contributed by atoms with Crippen molar-refractivity contribution in [2.75, 3.05) is 0 Å². The quantitative estimate of drug-likeness (QED) is 0.295. The summed E-state index contributed by atoms with van der Waals surface area (Å²) in [7, 11) is 0. The van der Waals surface area contributed by atoms with Crippen LogP contribution >= 0.6 is 0 Å². The molecule has 0 unspecified atom stereocenters. The molecule has 1 heterocycles. The van der Waals surface area contributed by atoms with Crippen LogP contribution in [0.15, 0.2) is 70.8 Å². The lowest BCUT2D eigenvalue weighted by Crippen LogP contribution is -2.39. The molecule has 0 saturated carbocycles. The zero-order chi connectivity index (χ0) is 23.9. The van der Waals surface area contributed by atoms with Crippen molar-refractivity contribution in [1.29, 1.82) is 0 Å². The van der Waals surface area contributed by atoms with E-state index >= 15 is 0 Å². The summed E-state index contributed by atoms with van der Waals surface area (Å²) in [5.41, 5.74) is 2.18. The molecule has 170 valence electrons. The van der Waals surface area contributed by atoms with E-state index in [2.05, 4.69) is 0 Å². The smallest absolute Gasteiger partial charge is 0.257 e. The number of ketones is 2. The number of Topliss-reactive ketones (excluding diaryl/α,β-unsaturated/α-hetero) is 1. The van der Waals surface area contributed by atoms with Crippen LogP contribution in [0.5, 0.6) is 5.75 Å². The lowest BCUT2D eigenvalue weighted by molar-refractivity contribution is -0.173. The number of benzene rings is 2. The highest BCUT2D eigenvalue weighted by Gasteiger charge is 2.56. The van der Waals surface area contributed by atoms with Crippen molar-refractivity contribution in [1.82, 2.24) is 5.06 Å². The van der Waals surface area contributed by atoms with Gasteiger partial charge in [0.25, 0.3) is 11.8 Å². The van der Waals surface area contributed by atoms with Crippen LogP contribution in [-0.2, 0) is 19.2 Å². The predicted octanol–water partition coefficient (Wildman–Crippen LogP) is 3.36. The van der Waals surface area contributed by atoms with Gasteiger partial charge in [-0.15, -0.1) is 0 Å². The number of phenols is 1. The number of hydrogen-bond acceptors (Lipinski definition) is 6. The minimum atomic E-state index is -0.813. The molecule has 1 fully saturated rings. The monoisotopic (exact) mass is 455 g/mol. The third-order valence-electron chi connectivity index (χ3n) is 7.78. The third-order valence-corrected chi connectivity index (χ3v) is 7.78. The first-order valence-corrected chi connectivity index (χ1v) is 11.3. The fourth-order valence-electron chi connectivity index (χ4n) is 6.20. The summed E-state index contributed by atoms with van der Waals surface area (Å²) in [6.07, 6.45) is 3.54. The van der Waals surface area contributed by atoms with Gasteiger partial charge in [0.2, 0.25) is 0 Å². The van der Waals surface area contributed by atoms with E-state index in [-0.39, 0.29) is 35.2 Å². The van der Waals surface area contributed by atoms with Crippen LogP contribution in [0, 0.1) is 17.8 Å². The Morgan fingerprint density at radius 3 is 2.53 bits per heavy atom. The Labute approximate surface area is 194 Å². The first-order chi connectivity index (χ1) is 16.3. The van der Waals surface area contributed by atoms with Gasteiger partial charge in [0.1, 0.15) is 5.75 Å². The highest BCUT2D eigenvalue weighted by molar-refractivity contribution is 6.24. The van der Waals surface area contributed by atoms with Crippen molar-refractivity contribution in [2.45, 2.75) is 25.7 Å². The summed E-state index contributed by atoms with van der Waals surface area (Å²) >= 11 is 0. The van der Waals surface area contributed by atoms with Gasteiger partial charge >= 0.3 is 0 Å². The number of rotatable bonds is 1. The molecule has 2 aromatic carbocycles. The zero-order valence-corrected chi connectivity index (χ0v) is 18.3. The van der Waals surface area contributed by atoms with Crippen LogP contribution in [0.4, 0.5) is 0 Å². The average molecular weight is 455 g/mol. The predicted molar refractivity (Wildman–Crippen MR) is 121 cm³/mol. The van der Waals surface area contributed by atoms with Gasteiger partial charge in [-0.2, -0.15) is 5.06 Å². The lowest BCUT2D eigenvalue weighted by Gasteiger charge is -2.42. The van der Waals surface area contributed by atoms with Crippen LogP contribution in [0.3, 0.4) is 0 Å². The van der Waals surface area contributed by atoms with E-state index in [0.717, 1.165) is 11.0 Å². The fourth-order valence-corrected chi connectivity index (χ4v) is 6.20. The van der Waals surface area contributed by atoms with E-state index in [4.69, 9.17) is 0 Å². The van der Waals surface area contributed by atoms with Crippen molar-refractivity contribution in [3.05, 3.63) is 76.4 Å². The number of allylic oxidation sites excluding steroid dienone is 6. The van der Waals surface area contributed by atoms with E-state index < -0.39 is 35.5 Å². The van der Waals surface area contributed by atoms with Crippen LogP contribution in [0.1, 0.15) is 31.2 Å². The molecule has 2 amide bonds. The van der Waals surface area contributed by atoms with E-state index in [1.807, 2.05) is 30.3 Å². The Kier molecular flexibility index (Phi) is 4.32. The molecule has 0 spiro atoms. The topological polar surface area (TPSA) is 112 Å². The maximum Gasteiger partial charge on any atom is 0.257 e. The molecular formula is C27H21NO6. The van der Waals surface area contributed by atoms with Gasteiger partial charge in [0.15, 0.2) is 11.6 Å². The maximum absolute atomic E-state index is 13.4. The second-order valence-electron chi connectivity index (χ2n) is 9.44. The molecule has 1 saturated heterocycles. The first-order valence-electron chi connectivity index (χ1n) is 11.3. The molecular weight excluding hydrogens is 434 g/mol. The molecule has 6 rings (SSSR count). The van der Waals surface area contributed by atoms with E-state index in [0.29, 0.717) is 27.7 Å². The molecule has 2 N–H and O–H groups in total. The number of amides is 2. The van der Waals surface area contributed by atoms with Gasteiger partial charge in [-0.1, -0.05) is 48.0 Å². The summed E-state index contributed by atoms with van der Waals surface area (Å²) in [4.78, 5) is 51.7. The summed E-state index contributed by atoms with van der Waals surface area (Å²) in [5.74, 6) is -4.64. The highest BCUT2D eigenvalue weighted by Crippen LogP contribution is 2.56. The molecule has 2 aromatic rings. The molecule has 1 aliphatic heterocycles. The average Bonchev–Trinajstić information content (AvgIpc) is 3.06. The van der Waals surface area contributed by atoms with E-state index in [1.165, 1.54) is 6.08 Å². The third kappa shape index (κ3) is 2.61. The lowest BCUT2D eigenvalue weighted by atomic mass is 9.59. The highest BCUT2D eigenvalue weighted by atomic mass is 16.5. The number of imide groups is 1. The molecule has 4 aliphatic rings. The molecule has 4 atom stereocenters. The van der Waals surface area contributed by atoms with Gasteiger partial charge < -0.3 is 5.11 Å². The normalized spacial score (nSPS) is 28.6. The number of nitrogens with zero attached hydrogens (tertiary/aromatic N) is 1. The largest absolute Gasteiger partial charge is 0.507 e. The molecule has 0 aromatic heterocycles. The first kappa shape index (κ1) is 20.7. The molecule has 7 heteroatoms. The Morgan fingerprint density at radius 1 is 0.971 bits per heavy atom. The molecule has 34 heavy (non-hydrogen) atoms. The van der Waals surface area contributed by atoms with Crippen LogP contribution in [0.2, 0.25) is 0 Å². The number of carbonyl (C=O) groups excluding carboxylic acids is 4. The molecule has 0 radical (unpaired) electrons. The Hall–Kier alpha value is -3.84. The summed E-state index contributed by atoms with van der Waals surface area (Å²) in [5, 5.41) is 23.0. The Bertz CT molecular complexity index is 1440. The Morgan fingerprint density at radius 2 is 1.74 bits per heavy atom. The minimum absolute atomic E-state index is 0.0173. The fraction of sp³-hybridized carbons (Fsp3) is 0.259. The zero-order valence-electron chi connectivity index (χ0n) is 18.3. The van der Waals surface area contributed by atoms with E-state index in [9.17, 15) is 29.5 Å². The Balaban J connectivity index is 1.60. The maximum atomic E-state index is 13.4. The number of aromatic hydroxyl groups is 1. The summed E-state index contributed by atoms with van der Waals surface area (Å²) < 4.78 is 0. The van der Waals surface area contributed by atoms with Crippen LogP contribution in [-0.4, -0.2) is 38.8 Å². The van der Waals surface area contributed by atoms with Crippen molar-refractivity contribution in [3.63, 3.8) is 0 Å². The SMILES string of the molecule is CC1=CC(=O)C2=C(C1=O)[C@@H](c1ccc3ccccc3c1O)C1=CC[C@@H]3C(=O)N(O)C(=O)[C@@H]3[C@@H]1C2. The second kappa shape index (κ2) is 7.08. The standard InChI is InChI=1S/C27H21NO6/c1-12-10-20(29)19-11-18-15(8-9-17-22(18)27(33)28(34)26(17)32)21(23(19)24(12)30)16-7-6-13-4-2-3-5-14(13)25(16)31/h2-8,10,17-18,21-22,31,34H,9,11H2,1H3/t17-,18+,21+,22-/m0/s1. The number of carbonyl (C=O) groups is 4. The van der Waals surface area contributed by atoms with Gasteiger partial charge in [-0.25, -0.2) is 0 Å². The minimum Gasteiger partial charge on any atom is -0.507 e. The molecule has 7 nitrogen and oxygen atoms in total. The van der Waals surface area contributed by atoms with Gasteiger partial charge in [-0.05, 0) is 37.1 Å². The van der Waals surface area contributed by atoms with Crippen molar-refractivity contribution >= 4 is 34.2 Å².